The predicted molar refractivity (Wildman–Crippen MR) is 235 cm³/mol. The molecule has 420 valence electrons. The van der Waals surface area contributed by atoms with Crippen LogP contribution < -0.4 is 26.4 Å². The second-order valence-electron chi connectivity index (χ2n) is 17.5. The normalized spacial score (nSPS) is 13.2. The van der Waals surface area contributed by atoms with Crippen molar-refractivity contribution in [2.24, 2.45) is 0 Å². The van der Waals surface area contributed by atoms with Crippen LogP contribution in [-0.4, -0.2) is 16.9 Å². The summed E-state index contributed by atoms with van der Waals surface area (Å²) < 4.78 is 343. The average Bonchev–Trinajstić information content (AvgIpc) is 3.38. The van der Waals surface area contributed by atoms with Gasteiger partial charge in [-0.2, -0.15) is 132 Å². The Morgan fingerprint density at radius 1 is 0.405 bits per heavy atom. The van der Waals surface area contributed by atoms with E-state index in [0.717, 1.165) is 16.8 Å². The van der Waals surface area contributed by atoms with Crippen LogP contribution in [0.2, 0.25) is 0 Å². The predicted octanol–water partition coefficient (Wildman–Crippen LogP) is 14.4. The number of aryl methyl sites for hydroxylation is 1. The van der Waals surface area contributed by atoms with Crippen molar-refractivity contribution in [1.29, 1.82) is 0 Å². The van der Waals surface area contributed by atoms with Crippen molar-refractivity contribution in [3.63, 3.8) is 0 Å². The third-order valence-electron chi connectivity index (χ3n) is 12.0. The highest BCUT2D eigenvalue weighted by Gasteiger charge is 2.47. The molecule has 79 heavy (non-hydrogen) atoms. The third kappa shape index (κ3) is 14.2. The number of aromatic nitrogens is 2. The average molecular weight is 1150 g/mol. The van der Waals surface area contributed by atoms with Gasteiger partial charge in [-0.1, -0.05) is 109 Å². The number of benzene rings is 6. The number of carbonyl (C=O) groups excluding carboxylic acids is 1. The lowest BCUT2D eigenvalue weighted by atomic mass is 9.12. The van der Waals surface area contributed by atoms with Crippen LogP contribution in [0, 0.1) is 6.92 Å². The second kappa shape index (κ2) is 21.3. The number of alkyl halides is 24. The van der Waals surface area contributed by atoms with Gasteiger partial charge in [0, 0.05) is 11.1 Å². The highest BCUT2D eigenvalue weighted by atomic mass is 19.4. The van der Waals surface area contributed by atoms with Crippen molar-refractivity contribution in [1.82, 2.24) is 4.98 Å². The van der Waals surface area contributed by atoms with Gasteiger partial charge in [-0.25, -0.2) is 4.98 Å². The molecule has 0 N–H and O–H groups in total. The summed E-state index contributed by atoms with van der Waals surface area (Å²) in [5.74, 6) is 0.0895. The van der Waals surface area contributed by atoms with E-state index in [1.807, 2.05) is 59.4 Å². The zero-order valence-corrected chi connectivity index (χ0v) is 39.0. The van der Waals surface area contributed by atoms with Crippen molar-refractivity contribution in [2.45, 2.75) is 62.9 Å². The Kier molecular flexibility index (Phi) is 16.3. The van der Waals surface area contributed by atoms with E-state index in [0.29, 0.717) is 6.54 Å². The number of nitrogens with zero attached hydrogens (tertiary/aromatic N) is 2. The van der Waals surface area contributed by atoms with Crippen LogP contribution in [0.15, 0.2) is 146 Å². The smallest absolute Gasteiger partial charge is 0.287 e. The first kappa shape index (κ1) is 60.7. The molecule has 7 rings (SSSR count). The second-order valence-corrected chi connectivity index (χ2v) is 17.5. The van der Waals surface area contributed by atoms with Crippen LogP contribution in [-0.2, 0) is 56.0 Å². The Hall–Kier alpha value is -7.55. The van der Waals surface area contributed by atoms with Crippen LogP contribution in [0.25, 0.3) is 11.3 Å². The largest absolute Gasteiger partial charge is 0.416 e. The molecule has 0 aliphatic heterocycles. The summed E-state index contributed by atoms with van der Waals surface area (Å²) in [6.45, 7) is 2.37. The Bertz CT molecular complexity index is 2890. The lowest BCUT2D eigenvalue weighted by Crippen LogP contribution is -2.75. The summed E-state index contributed by atoms with van der Waals surface area (Å²) >= 11 is 0. The number of Topliss-reactive ketones (excluding diaryl/α,β-unsaturated/α-hetero) is 1. The monoisotopic (exact) mass is 1150 g/mol. The molecule has 0 bridgehead atoms. The van der Waals surface area contributed by atoms with Crippen molar-refractivity contribution >= 4 is 33.8 Å². The molecule has 3 nitrogen and oxygen atoms in total. The summed E-state index contributed by atoms with van der Waals surface area (Å²) in [6.07, 6.45) is -49.4. The molecule has 0 atom stereocenters. The van der Waals surface area contributed by atoms with E-state index in [2.05, 4.69) is 24.0 Å². The van der Waals surface area contributed by atoms with Crippen LogP contribution in [0.3, 0.4) is 0 Å². The molecule has 0 unspecified atom stereocenters. The van der Waals surface area contributed by atoms with E-state index in [4.69, 9.17) is 0 Å². The Balaban J connectivity index is 0.000000378. The van der Waals surface area contributed by atoms with Gasteiger partial charge in [-0.15, -0.1) is 0 Å². The molecular weight excluding hydrogens is 1120 g/mol. The Morgan fingerprint density at radius 3 is 0.949 bits per heavy atom. The molecule has 28 heteroatoms. The molecule has 1 aromatic heterocycles. The molecule has 0 fully saturated rings. The maximum Gasteiger partial charge on any atom is 0.416 e. The van der Waals surface area contributed by atoms with Crippen molar-refractivity contribution in [3.05, 3.63) is 202 Å². The van der Waals surface area contributed by atoms with Crippen LogP contribution >= 0.6 is 0 Å². The van der Waals surface area contributed by atoms with E-state index in [1.165, 1.54) is 5.56 Å². The van der Waals surface area contributed by atoms with Gasteiger partial charge in [0.2, 0.25) is 12.3 Å². The van der Waals surface area contributed by atoms with Gasteiger partial charge < -0.3 is 0 Å². The van der Waals surface area contributed by atoms with Gasteiger partial charge in [0.1, 0.15) is 11.8 Å². The minimum absolute atomic E-state index is 0.0895. The number of rotatable bonds is 8. The van der Waals surface area contributed by atoms with Crippen LogP contribution in [0.5, 0.6) is 0 Å². The first-order valence-electron chi connectivity index (χ1n) is 21.8. The lowest BCUT2D eigenvalue weighted by Gasteiger charge is -2.46. The molecule has 0 saturated carbocycles. The van der Waals surface area contributed by atoms with E-state index >= 15 is 0 Å². The molecule has 6 aromatic carbocycles. The summed E-state index contributed by atoms with van der Waals surface area (Å²) in [4.78, 5) is 16.7. The summed E-state index contributed by atoms with van der Waals surface area (Å²) in [6, 6.07) is 8.73. The fourth-order valence-corrected chi connectivity index (χ4v) is 8.36. The zero-order valence-electron chi connectivity index (χ0n) is 39.0. The molecule has 0 saturated heterocycles. The maximum absolute atomic E-state index is 14.2. The summed E-state index contributed by atoms with van der Waals surface area (Å²) in [7, 11) is 0. The number of ketones is 1. The fourth-order valence-electron chi connectivity index (χ4n) is 8.36. The van der Waals surface area contributed by atoms with Gasteiger partial charge in [0.15, 0.2) is 12.4 Å². The van der Waals surface area contributed by atoms with Crippen molar-refractivity contribution in [3.8, 4) is 11.3 Å². The van der Waals surface area contributed by atoms with Crippen LogP contribution in [0.1, 0.15) is 60.4 Å². The van der Waals surface area contributed by atoms with Gasteiger partial charge in [0.05, 0.1) is 50.7 Å². The fraction of sp³-hybridized carbons (Fsp3) is 0.196. The first-order valence-corrected chi connectivity index (χ1v) is 21.8. The molecule has 0 spiro atoms. The van der Waals surface area contributed by atoms with E-state index in [-0.39, 0.29) is 5.78 Å². The molecule has 0 aliphatic rings. The topological polar surface area (TPSA) is 33.8 Å². The Morgan fingerprint density at radius 2 is 0.684 bits per heavy atom. The molecule has 0 aliphatic carbocycles. The van der Waals surface area contributed by atoms with Gasteiger partial charge in [-0.05, 0) is 31.2 Å². The molecule has 0 radical (unpaired) electrons. The summed E-state index contributed by atoms with van der Waals surface area (Å²) in [5.41, 5.74) is -26.4. The molecule has 0 amide bonds. The highest BCUT2D eigenvalue weighted by Crippen LogP contribution is 2.41. The third-order valence-corrected chi connectivity index (χ3v) is 12.0. The van der Waals surface area contributed by atoms with Crippen molar-refractivity contribution in [2.75, 3.05) is 0 Å². The van der Waals surface area contributed by atoms with E-state index < -0.39 is 195 Å². The minimum atomic E-state index is -6.13. The van der Waals surface area contributed by atoms with Gasteiger partial charge in [0.25, 0.3) is 0 Å². The Labute approximate surface area is 428 Å². The van der Waals surface area contributed by atoms with Crippen LogP contribution in [0.4, 0.5) is 105 Å². The maximum atomic E-state index is 14.2. The quantitative estimate of drug-likeness (QED) is 0.0658. The minimum Gasteiger partial charge on any atom is -0.287 e. The number of hydrogen-bond acceptors (Lipinski definition) is 2. The van der Waals surface area contributed by atoms with E-state index in [9.17, 15) is 110 Å². The SMILES string of the molecule is Cc1ccc(-c2c[n+](CC(=O)c3ccccc3)ccn2)cc1.FC(F)(F)c1cc([B-](c2cc(C(F)(F)F)cc(C(F)(F)F)c2)(c2cc(C(F)(F)F)cc(C(F)(F)F)c2)c2cc(C(F)(F)F)cc(C(F)(F)F)c2)cc(C(F)(F)F)c1. The highest BCUT2D eigenvalue weighted by molar-refractivity contribution is 7.20. The zero-order chi connectivity index (χ0) is 59.3. The molecule has 1 heterocycles. The van der Waals surface area contributed by atoms with E-state index in [1.54, 1.807) is 6.20 Å². The molecule has 7 aromatic rings. The number of hydrogen-bond donors (Lipinski definition) is 0. The summed E-state index contributed by atoms with van der Waals surface area (Å²) in [5, 5.41) is 0. The van der Waals surface area contributed by atoms with Gasteiger partial charge in [-0.3, -0.25) is 4.79 Å². The lowest BCUT2D eigenvalue weighted by molar-refractivity contribution is -0.683. The molecular formula is C51H29BF24N2O. The van der Waals surface area contributed by atoms with Crippen molar-refractivity contribution < 1.29 is 115 Å². The number of halogens is 24. The first-order chi connectivity index (χ1) is 36.0. The number of carbonyl (C=O) groups is 1. The van der Waals surface area contributed by atoms with Gasteiger partial charge >= 0.3 is 49.4 Å². The standard InChI is InChI=1S/C32H12BF24.C19H17N2O/c34-25(35,36)13-1-14(26(37,38)39)6-21(5-13)33(22-7-15(27(40,41)42)2-16(8-22)28(43,44)45,23-9-17(29(46,47)48)3-18(10-23)30(49,50)51)24-11-19(31(52,53)54)4-20(12-24)32(55,56)57;1-15-7-9-16(10-8-15)18-13-21(12-11-20-18)14-19(22)17-5-3-2-4-6-17/h1-12H;2-13H,14H2,1H3/q-1;+1.